The van der Waals surface area contributed by atoms with Gasteiger partial charge in [-0.2, -0.15) is 5.06 Å². The van der Waals surface area contributed by atoms with Gasteiger partial charge in [-0.05, 0) is 39.9 Å². The van der Waals surface area contributed by atoms with E-state index < -0.39 is 8.32 Å². The van der Waals surface area contributed by atoms with Gasteiger partial charge in [-0.25, -0.2) is 0 Å². The lowest BCUT2D eigenvalue weighted by atomic mass is 9.95. The van der Waals surface area contributed by atoms with Crippen molar-refractivity contribution in [3.63, 3.8) is 0 Å². The Morgan fingerprint density at radius 1 is 0.935 bits per heavy atom. The maximum atomic E-state index is 10.9. The summed E-state index contributed by atoms with van der Waals surface area (Å²) in [5.74, 6) is 0. The molecule has 4 nitrogen and oxygen atoms in total. The average molecular weight is 433 g/mol. The number of pyridine rings is 1. The first-order valence-corrected chi connectivity index (χ1v) is 13.0. The third kappa shape index (κ3) is 4.23. The van der Waals surface area contributed by atoms with E-state index in [4.69, 9.17) is 4.43 Å². The second-order valence-electron chi connectivity index (χ2n) is 9.36. The minimum Gasteiger partial charge on any atom is -0.402 e. The summed E-state index contributed by atoms with van der Waals surface area (Å²) in [4.78, 5) is 4.31. The molecule has 0 unspecified atom stereocenters. The normalized spacial score (nSPS) is 20.5. The summed E-state index contributed by atoms with van der Waals surface area (Å²) in [7, 11) is -2.70. The Labute approximate surface area is 186 Å². The van der Waals surface area contributed by atoms with Crippen LogP contribution in [0, 0.1) is 0 Å². The molecular weight excluding hydrogens is 400 g/mol. The van der Waals surface area contributed by atoms with Crippen molar-refractivity contribution < 1.29 is 9.63 Å². The Morgan fingerprint density at radius 3 is 2.06 bits per heavy atom. The van der Waals surface area contributed by atoms with Crippen molar-refractivity contribution in [1.29, 1.82) is 0 Å². The monoisotopic (exact) mass is 432 g/mol. The van der Waals surface area contributed by atoms with Gasteiger partial charge in [0.05, 0.1) is 12.1 Å². The molecule has 1 fully saturated rings. The van der Waals surface area contributed by atoms with Gasteiger partial charge in [-0.3, -0.25) is 4.98 Å². The number of aromatic nitrogens is 1. The lowest BCUT2D eigenvalue weighted by Crippen LogP contribution is -2.68. The van der Waals surface area contributed by atoms with Crippen LogP contribution in [0.4, 0.5) is 0 Å². The van der Waals surface area contributed by atoms with Gasteiger partial charge in [-0.15, -0.1) is 0 Å². The summed E-state index contributed by atoms with van der Waals surface area (Å²) in [5, 5.41) is 14.7. The Kier molecular flexibility index (Phi) is 6.39. The molecule has 0 amide bonds. The summed E-state index contributed by atoms with van der Waals surface area (Å²) in [6.45, 7) is 7.51. The Morgan fingerprint density at radius 2 is 1.55 bits per heavy atom. The Balaban J connectivity index is 1.86. The topological polar surface area (TPSA) is 45.6 Å². The summed E-state index contributed by atoms with van der Waals surface area (Å²) in [5.41, 5.74) is 0.993. The molecule has 4 rings (SSSR count). The second kappa shape index (κ2) is 9.05. The van der Waals surface area contributed by atoms with Crippen LogP contribution in [0.5, 0.6) is 0 Å². The van der Waals surface area contributed by atoms with Gasteiger partial charge in [0.25, 0.3) is 8.32 Å². The largest absolute Gasteiger partial charge is 0.402 e. The molecular formula is C26H32N2O2Si. The van der Waals surface area contributed by atoms with Crippen LogP contribution in [-0.4, -0.2) is 36.2 Å². The molecule has 3 aromatic rings. The zero-order valence-electron chi connectivity index (χ0n) is 18.6. The summed E-state index contributed by atoms with van der Waals surface area (Å²) >= 11 is 0. The molecule has 0 spiro atoms. The molecule has 2 atom stereocenters. The van der Waals surface area contributed by atoms with Crippen LogP contribution in [0.2, 0.25) is 5.04 Å². The predicted molar refractivity (Wildman–Crippen MR) is 127 cm³/mol. The third-order valence-corrected chi connectivity index (χ3v) is 11.4. The third-order valence-electron chi connectivity index (χ3n) is 6.32. The molecule has 0 bridgehead atoms. The van der Waals surface area contributed by atoms with Gasteiger partial charge in [-0.1, -0.05) is 87.5 Å². The highest BCUT2D eigenvalue weighted by Crippen LogP contribution is 2.41. The minimum absolute atomic E-state index is 0.104. The Hall–Kier alpha value is -2.31. The van der Waals surface area contributed by atoms with Crippen molar-refractivity contribution in [3.8, 4) is 0 Å². The van der Waals surface area contributed by atoms with Gasteiger partial charge in [0.15, 0.2) is 0 Å². The molecule has 31 heavy (non-hydrogen) atoms. The highest BCUT2D eigenvalue weighted by molar-refractivity contribution is 6.99. The van der Waals surface area contributed by atoms with E-state index in [1.807, 2.05) is 18.3 Å². The number of rotatable bonds is 5. The molecule has 1 N–H and O–H groups in total. The van der Waals surface area contributed by atoms with Crippen LogP contribution in [0.25, 0.3) is 0 Å². The first-order valence-electron chi connectivity index (χ1n) is 11.1. The van der Waals surface area contributed by atoms with Gasteiger partial charge in [0.1, 0.15) is 0 Å². The number of nitrogens with zero attached hydrogens (tertiary/aromatic N) is 2. The van der Waals surface area contributed by atoms with E-state index in [1.165, 1.54) is 15.4 Å². The molecule has 162 valence electrons. The number of benzene rings is 2. The number of piperidine rings is 1. The van der Waals surface area contributed by atoms with Crippen LogP contribution in [0.15, 0.2) is 85.2 Å². The number of hydroxylamine groups is 2. The molecule has 5 heteroatoms. The van der Waals surface area contributed by atoms with Crippen molar-refractivity contribution in [1.82, 2.24) is 10.0 Å². The smallest absolute Gasteiger partial charge is 0.261 e. The van der Waals surface area contributed by atoms with E-state index in [1.54, 1.807) is 6.20 Å². The maximum Gasteiger partial charge on any atom is 0.261 e. The Bertz CT molecular complexity index is 921. The fourth-order valence-corrected chi connectivity index (χ4v) is 9.64. The van der Waals surface area contributed by atoms with Crippen LogP contribution in [-0.2, 0) is 4.43 Å². The molecule has 0 radical (unpaired) electrons. The van der Waals surface area contributed by atoms with Crippen LogP contribution >= 0.6 is 0 Å². The molecule has 1 saturated heterocycles. The first-order chi connectivity index (χ1) is 14.9. The summed E-state index contributed by atoms with van der Waals surface area (Å²) in [6, 6.07) is 25.1. The quantitative estimate of drug-likeness (QED) is 0.601. The predicted octanol–water partition coefficient (Wildman–Crippen LogP) is 4.55. The van der Waals surface area contributed by atoms with Crippen molar-refractivity contribution in [3.05, 3.63) is 90.8 Å². The second-order valence-corrected chi connectivity index (χ2v) is 13.6. The van der Waals surface area contributed by atoms with Crippen LogP contribution < -0.4 is 10.4 Å². The van der Waals surface area contributed by atoms with Crippen molar-refractivity contribution >= 4 is 18.7 Å². The van der Waals surface area contributed by atoms with Crippen LogP contribution in [0.1, 0.15) is 45.2 Å². The number of hydrogen-bond acceptors (Lipinski definition) is 4. The van der Waals surface area contributed by atoms with Crippen molar-refractivity contribution in [2.45, 2.75) is 50.8 Å². The number of hydrogen-bond donors (Lipinski definition) is 1. The molecule has 0 aliphatic carbocycles. The lowest BCUT2D eigenvalue weighted by molar-refractivity contribution is -0.173. The average Bonchev–Trinajstić information content (AvgIpc) is 2.78. The van der Waals surface area contributed by atoms with E-state index in [9.17, 15) is 5.21 Å². The van der Waals surface area contributed by atoms with E-state index in [-0.39, 0.29) is 17.2 Å². The zero-order valence-corrected chi connectivity index (χ0v) is 19.6. The summed E-state index contributed by atoms with van der Waals surface area (Å²) < 4.78 is 7.36. The molecule has 1 aliphatic heterocycles. The van der Waals surface area contributed by atoms with Gasteiger partial charge in [0.2, 0.25) is 0 Å². The fraction of sp³-hybridized carbons (Fsp3) is 0.346. The van der Waals surface area contributed by atoms with Gasteiger partial charge < -0.3 is 9.63 Å². The zero-order chi connectivity index (χ0) is 21.9. The summed E-state index contributed by atoms with van der Waals surface area (Å²) in [6.07, 6.45) is 5.29. The maximum absolute atomic E-state index is 10.9. The van der Waals surface area contributed by atoms with E-state index >= 15 is 0 Å². The fourth-order valence-electron chi connectivity index (χ4n) is 4.92. The highest BCUT2D eigenvalue weighted by atomic mass is 28.4. The highest BCUT2D eigenvalue weighted by Gasteiger charge is 2.53. The van der Waals surface area contributed by atoms with Crippen LogP contribution in [0.3, 0.4) is 0 Å². The van der Waals surface area contributed by atoms with Gasteiger partial charge in [0, 0.05) is 18.9 Å². The van der Waals surface area contributed by atoms with Crippen molar-refractivity contribution in [2.24, 2.45) is 0 Å². The molecule has 2 aromatic carbocycles. The lowest BCUT2D eigenvalue weighted by Gasteiger charge is -2.48. The standard InChI is InChI=1S/C26H32N2O2Si/c1-26(2,3)31(22-13-6-4-7-14-22,23-15-8-5-9-16-23)30-24-17-11-19-28(29)25(24)21-12-10-18-27-20-21/h4-10,12-16,18,20,24-25,29H,11,17,19H2,1-3H3/t24-,25+/m0/s1. The van der Waals surface area contributed by atoms with Gasteiger partial charge >= 0.3 is 0 Å². The first kappa shape index (κ1) is 21.9. The minimum atomic E-state index is -2.70. The van der Waals surface area contributed by atoms with E-state index in [2.05, 4.69) is 86.4 Å². The molecule has 2 heterocycles. The molecule has 1 aliphatic rings. The van der Waals surface area contributed by atoms with Crippen molar-refractivity contribution in [2.75, 3.05) is 6.54 Å². The van der Waals surface area contributed by atoms with E-state index in [0.717, 1.165) is 18.4 Å². The SMILES string of the molecule is CC(C)(C)[Si](O[C@H]1CCCN(O)[C@@H]1c1cccnc1)(c1ccccc1)c1ccccc1. The molecule has 1 aromatic heterocycles. The van der Waals surface area contributed by atoms with E-state index in [0.29, 0.717) is 6.54 Å². The molecule has 0 saturated carbocycles.